The lowest BCUT2D eigenvalue weighted by molar-refractivity contribution is 0.102. The molecule has 0 fully saturated rings. The molecule has 0 saturated heterocycles. The Labute approximate surface area is 147 Å². The van der Waals surface area contributed by atoms with Gasteiger partial charge in [-0.1, -0.05) is 41.4 Å². The third-order valence-corrected chi connectivity index (χ3v) is 4.50. The summed E-state index contributed by atoms with van der Waals surface area (Å²) in [5, 5.41) is 3.46. The van der Waals surface area contributed by atoms with Crippen molar-refractivity contribution in [2.45, 2.75) is 13.5 Å². The molecule has 3 aromatic rings. The Morgan fingerprint density at radius 2 is 1.83 bits per heavy atom. The van der Waals surface area contributed by atoms with Crippen molar-refractivity contribution in [1.82, 2.24) is 8.94 Å². The second kappa shape index (κ2) is 6.98. The van der Waals surface area contributed by atoms with Crippen LogP contribution in [-0.4, -0.2) is 14.8 Å². The SMILES string of the molecule is Cc1ccc(Cn2sc(NC(=O)c3ccc(Cl)cc3)nc2=O)cc1. The molecule has 0 aliphatic heterocycles. The number of halogens is 1. The molecule has 2 aromatic carbocycles. The van der Waals surface area contributed by atoms with Gasteiger partial charge < -0.3 is 0 Å². The fourth-order valence-corrected chi connectivity index (χ4v) is 3.01. The maximum absolute atomic E-state index is 12.1. The summed E-state index contributed by atoms with van der Waals surface area (Å²) < 4.78 is 1.50. The monoisotopic (exact) mass is 359 g/mol. The lowest BCUT2D eigenvalue weighted by atomic mass is 10.1. The lowest BCUT2D eigenvalue weighted by Crippen LogP contribution is -2.16. The lowest BCUT2D eigenvalue weighted by Gasteiger charge is -2.02. The number of carbonyl (C=O) groups excluding carboxylic acids is 1. The summed E-state index contributed by atoms with van der Waals surface area (Å²) in [6.07, 6.45) is 0. The number of aromatic nitrogens is 2. The van der Waals surface area contributed by atoms with Gasteiger partial charge in [0, 0.05) is 10.6 Å². The first-order chi connectivity index (χ1) is 11.5. The van der Waals surface area contributed by atoms with Crippen molar-refractivity contribution >= 4 is 34.2 Å². The van der Waals surface area contributed by atoms with E-state index in [9.17, 15) is 9.59 Å². The summed E-state index contributed by atoms with van der Waals surface area (Å²) in [7, 11) is 0. The quantitative estimate of drug-likeness (QED) is 0.774. The molecule has 122 valence electrons. The molecule has 0 aliphatic carbocycles. The van der Waals surface area contributed by atoms with Crippen molar-refractivity contribution in [2.24, 2.45) is 0 Å². The number of nitrogens with one attached hydrogen (secondary N) is 1. The molecule has 7 heteroatoms. The van der Waals surface area contributed by atoms with Gasteiger partial charge in [0.15, 0.2) is 0 Å². The average Bonchev–Trinajstić information content (AvgIpc) is 2.89. The standard InChI is InChI=1S/C17H14ClN3O2S/c1-11-2-4-12(5-3-11)10-21-17(23)20-16(24-21)19-15(22)13-6-8-14(18)9-7-13/h2-9H,10H2,1H3,(H,19,20,22,23). The van der Waals surface area contributed by atoms with Gasteiger partial charge in [0.25, 0.3) is 5.91 Å². The number of aryl methyl sites for hydroxylation is 1. The van der Waals surface area contributed by atoms with Crippen molar-refractivity contribution in [2.75, 3.05) is 5.32 Å². The summed E-state index contributed by atoms with van der Waals surface area (Å²) in [4.78, 5) is 28.0. The minimum Gasteiger partial charge on any atom is -0.297 e. The highest BCUT2D eigenvalue weighted by molar-refractivity contribution is 7.10. The number of rotatable bonds is 4. The van der Waals surface area contributed by atoms with Crippen LogP contribution in [0.3, 0.4) is 0 Å². The van der Waals surface area contributed by atoms with Crippen LogP contribution in [0, 0.1) is 6.92 Å². The molecule has 0 atom stereocenters. The number of hydrogen-bond acceptors (Lipinski definition) is 4. The average molecular weight is 360 g/mol. The van der Waals surface area contributed by atoms with E-state index in [1.807, 2.05) is 31.2 Å². The van der Waals surface area contributed by atoms with E-state index in [1.54, 1.807) is 24.3 Å². The van der Waals surface area contributed by atoms with Gasteiger partial charge in [0.1, 0.15) is 0 Å². The predicted molar refractivity (Wildman–Crippen MR) is 96.1 cm³/mol. The fraction of sp³-hybridized carbons (Fsp3) is 0.118. The van der Waals surface area contributed by atoms with Crippen molar-refractivity contribution in [3.05, 3.63) is 80.7 Å². The van der Waals surface area contributed by atoms with Crippen LogP contribution in [-0.2, 0) is 6.54 Å². The summed E-state index contributed by atoms with van der Waals surface area (Å²) in [5.74, 6) is -0.331. The van der Waals surface area contributed by atoms with Crippen molar-refractivity contribution in [1.29, 1.82) is 0 Å². The Morgan fingerprint density at radius 3 is 2.50 bits per heavy atom. The first kappa shape index (κ1) is 16.4. The Bertz CT molecular complexity index is 914. The second-order valence-electron chi connectivity index (χ2n) is 5.27. The zero-order valence-corrected chi connectivity index (χ0v) is 14.4. The maximum atomic E-state index is 12.1. The van der Waals surface area contributed by atoms with Gasteiger partial charge in [-0.3, -0.25) is 10.1 Å². The molecule has 5 nitrogen and oxygen atoms in total. The van der Waals surface area contributed by atoms with E-state index in [1.165, 1.54) is 3.96 Å². The highest BCUT2D eigenvalue weighted by atomic mass is 35.5. The van der Waals surface area contributed by atoms with E-state index < -0.39 is 0 Å². The molecule has 0 spiro atoms. The topological polar surface area (TPSA) is 64.0 Å². The maximum Gasteiger partial charge on any atom is 0.360 e. The zero-order chi connectivity index (χ0) is 17.1. The minimum atomic E-state index is -0.382. The van der Waals surface area contributed by atoms with Crippen LogP contribution in [0.4, 0.5) is 5.13 Å². The highest BCUT2D eigenvalue weighted by Gasteiger charge is 2.11. The molecule has 24 heavy (non-hydrogen) atoms. The second-order valence-corrected chi connectivity index (χ2v) is 6.72. The number of nitrogens with zero attached hydrogens (tertiary/aromatic N) is 2. The van der Waals surface area contributed by atoms with E-state index >= 15 is 0 Å². The number of hydrogen-bond donors (Lipinski definition) is 1. The van der Waals surface area contributed by atoms with Crippen molar-refractivity contribution in [3.8, 4) is 0 Å². The first-order valence-corrected chi connectivity index (χ1v) is 8.37. The molecular weight excluding hydrogens is 346 g/mol. The molecule has 1 heterocycles. The van der Waals surface area contributed by atoms with E-state index in [2.05, 4.69) is 10.3 Å². The van der Waals surface area contributed by atoms with Gasteiger partial charge in [0.05, 0.1) is 6.54 Å². The van der Waals surface area contributed by atoms with Crippen LogP contribution >= 0.6 is 23.1 Å². The van der Waals surface area contributed by atoms with Gasteiger partial charge in [-0.05, 0) is 48.3 Å². The Morgan fingerprint density at radius 1 is 1.17 bits per heavy atom. The molecule has 1 amide bonds. The van der Waals surface area contributed by atoms with E-state index in [0.717, 1.165) is 22.7 Å². The van der Waals surface area contributed by atoms with Crippen molar-refractivity contribution < 1.29 is 4.79 Å². The third kappa shape index (κ3) is 3.90. The van der Waals surface area contributed by atoms with Gasteiger partial charge >= 0.3 is 5.69 Å². The summed E-state index contributed by atoms with van der Waals surface area (Å²) in [5.41, 5.74) is 2.23. The molecule has 1 N–H and O–H groups in total. The number of anilines is 1. The first-order valence-electron chi connectivity index (χ1n) is 7.22. The smallest absolute Gasteiger partial charge is 0.297 e. The van der Waals surface area contributed by atoms with Gasteiger partial charge in [-0.25, -0.2) is 8.75 Å². The van der Waals surface area contributed by atoms with Crippen LogP contribution < -0.4 is 11.0 Å². The minimum absolute atomic E-state index is 0.270. The predicted octanol–water partition coefficient (Wildman–Crippen LogP) is 3.57. The molecule has 0 aliphatic rings. The van der Waals surface area contributed by atoms with Crippen LogP contribution in [0.25, 0.3) is 0 Å². The Hall–Kier alpha value is -2.44. The van der Waals surface area contributed by atoms with Crippen LogP contribution in [0.2, 0.25) is 5.02 Å². The van der Waals surface area contributed by atoms with Crippen LogP contribution in [0.5, 0.6) is 0 Å². The number of amides is 1. The van der Waals surface area contributed by atoms with E-state index in [4.69, 9.17) is 11.6 Å². The molecule has 0 radical (unpaired) electrons. The zero-order valence-electron chi connectivity index (χ0n) is 12.8. The summed E-state index contributed by atoms with van der Waals surface area (Å²) >= 11 is 6.92. The molecule has 3 rings (SSSR count). The van der Waals surface area contributed by atoms with Crippen LogP contribution in [0.1, 0.15) is 21.5 Å². The molecule has 0 unspecified atom stereocenters. The Kier molecular flexibility index (Phi) is 4.78. The van der Waals surface area contributed by atoms with E-state index in [-0.39, 0.29) is 16.7 Å². The normalized spacial score (nSPS) is 10.6. The molecular formula is C17H14ClN3O2S. The van der Waals surface area contributed by atoms with Crippen molar-refractivity contribution in [3.63, 3.8) is 0 Å². The largest absolute Gasteiger partial charge is 0.360 e. The highest BCUT2D eigenvalue weighted by Crippen LogP contribution is 2.15. The number of benzene rings is 2. The summed E-state index contributed by atoms with van der Waals surface area (Å²) in [6.45, 7) is 2.43. The summed E-state index contributed by atoms with van der Waals surface area (Å²) in [6, 6.07) is 14.4. The van der Waals surface area contributed by atoms with Gasteiger partial charge in [-0.2, -0.15) is 4.98 Å². The van der Waals surface area contributed by atoms with Gasteiger partial charge in [-0.15, -0.1) is 0 Å². The molecule has 0 saturated carbocycles. The third-order valence-electron chi connectivity index (χ3n) is 3.38. The molecule has 0 bridgehead atoms. The van der Waals surface area contributed by atoms with Crippen LogP contribution in [0.15, 0.2) is 53.3 Å². The molecule has 1 aromatic heterocycles. The fourth-order valence-electron chi connectivity index (χ4n) is 2.09. The number of carbonyl (C=O) groups is 1. The van der Waals surface area contributed by atoms with Gasteiger partial charge in [0.2, 0.25) is 5.13 Å². The Balaban J connectivity index is 1.74. The van der Waals surface area contributed by atoms with E-state index in [0.29, 0.717) is 17.1 Å².